The van der Waals surface area contributed by atoms with Gasteiger partial charge in [-0.1, -0.05) is 12.1 Å². The highest BCUT2D eigenvalue weighted by Gasteiger charge is 2.35. The molecular weight excluding hydrogens is 482 g/mol. The zero-order valence-electron chi connectivity index (χ0n) is 17.5. The van der Waals surface area contributed by atoms with E-state index < -0.39 is 29.1 Å². The van der Waals surface area contributed by atoms with Gasteiger partial charge in [0.1, 0.15) is 18.8 Å². The molecule has 174 valence electrons. The van der Waals surface area contributed by atoms with Crippen molar-refractivity contribution in [3.63, 3.8) is 0 Å². The molecule has 2 aliphatic heterocycles. The van der Waals surface area contributed by atoms with Crippen LogP contribution in [-0.2, 0) is 9.53 Å². The van der Waals surface area contributed by atoms with Crippen molar-refractivity contribution in [2.24, 2.45) is 5.10 Å². The van der Waals surface area contributed by atoms with Gasteiger partial charge in [-0.25, -0.2) is 9.80 Å². The first-order chi connectivity index (χ1) is 16.5. The third-order valence-corrected chi connectivity index (χ3v) is 7.14. The van der Waals surface area contributed by atoms with Gasteiger partial charge < -0.3 is 14.2 Å². The highest BCUT2D eigenvalue weighted by molar-refractivity contribution is 7.12. The van der Waals surface area contributed by atoms with Gasteiger partial charge in [0.25, 0.3) is 11.6 Å². The molecule has 1 amide bonds. The lowest BCUT2D eigenvalue weighted by atomic mass is 10.1. The fourth-order valence-corrected chi connectivity index (χ4v) is 5.23. The van der Waals surface area contributed by atoms with Crippen LogP contribution >= 0.6 is 22.7 Å². The van der Waals surface area contributed by atoms with E-state index >= 15 is 0 Å². The molecule has 1 aromatic carbocycles. The molecule has 0 spiro atoms. The number of thiophene rings is 2. The fraction of sp³-hybridized carbons (Fsp3) is 0.227. The average molecular weight is 500 g/mol. The molecule has 0 aliphatic carbocycles. The van der Waals surface area contributed by atoms with E-state index in [9.17, 15) is 19.7 Å². The van der Waals surface area contributed by atoms with Gasteiger partial charge in [0, 0.05) is 17.4 Å². The summed E-state index contributed by atoms with van der Waals surface area (Å²) in [6, 6.07) is 9.68. The fourth-order valence-electron chi connectivity index (χ4n) is 3.70. The van der Waals surface area contributed by atoms with Crippen LogP contribution < -0.4 is 9.47 Å². The molecule has 0 saturated heterocycles. The van der Waals surface area contributed by atoms with Crippen LogP contribution in [0.3, 0.4) is 0 Å². The number of carbonyl (C=O) groups excluding carboxylic acids is 2. The van der Waals surface area contributed by atoms with Crippen molar-refractivity contribution in [3.05, 3.63) is 72.6 Å². The van der Waals surface area contributed by atoms with Crippen molar-refractivity contribution in [1.82, 2.24) is 5.01 Å². The molecule has 12 heteroatoms. The summed E-state index contributed by atoms with van der Waals surface area (Å²) in [5.74, 6) is -1.15. The van der Waals surface area contributed by atoms with E-state index in [1.54, 1.807) is 0 Å². The van der Waals surface area contributed by atoms with Gasteiger partial charge in [-0.05, 0) is 22.9 Å². The number of ether oxygens (including phenoxy) is 3. The first kappa shape index (κ1) is 22.0. The summed E-state index contributed by atoms with van der Waals surface area (Å²) in [5, 5.41) is 21.2. The Bertz CT molecular complexity index is 1270. The monoisotopic (exact) mass is 499 g/mol. The number of amides is 1. The summed E-state index contributed by atoms with van der Waals surface area (Å²) in [6.45, 7) is -0.118. The molecule has 5 rings (SSSR count). The van der Waals surface area contributed by atoms with Gasteiger partial charge in [-0.2, -0.15) is 5.10 Å². The van der Waals surface area contributed by atoms with Gasteiger partial charge in [-0.15, -0.1) is 22.7 Å². The minimum atomic E-state index is -1.01. The van der Waals surface area contributed by atoms with Crippen LogP contribution in [0.1, 0.15) is 32.6 Å². The SMILES string of the molecule is O=C(OCC(=O)N1N=C(c2cccs2)CC1c1cccs1)c1cc2c(cc1[N+](=O)[O-])OCCO2. The summed E-state index contributed by atoms with van der Waals surface area (Å²) in [4.78, 5) is 38.4. The van der Waals surface area contributed by atoms with Crippen molar-refractivity contribution in [3.8, 4) is 11.5 Å². The molecule has 0 bridgehead atoms. The molecule has 1 unspecified atom stereocenters. The average Bonchev–Trinajstić information content (AvgIpc) is 3.62. The molecule has 0 fully saturated rings. The molecule has 1 atom stereocenters. The van der Waals surface area contributed by atoms with Crippen molar-refractivity contribution in [2.45, 2.75) is 12.5 Å². The topological polar surface area (TPSA) is 121 Å². The second kappa shape index (κ2) is 9.23. The largest absolute Gasteiger partial charge is 0.486 e. The van der Waals surface area contributed by atoms with Gasteiger partial charge >= 0.3 is 5.97 Å². The number of hydrogen-bond acceptors (Lipinski definition) is 10. The lowest BCUT2D eigenvalue weighted by molar-refractivity contribution is -0.385. The Morgan fingerprint density at radius 1 is 1.15 bits per heavy atom. The lowest BCUT2D eigenvalue weighted by Crippen LogP contribution is -2.31. The van der Waals surface area contributed by atoms with Gasteiger partial charge in [0.05, 0.1) is 27.6 Å². The maximum absolute atomic E-state index is 13.0. The summed E-state index contributed by atoms with van der Waals surface area (Å²) < 4.78 is 15.9. The Morgan fingerprint density at radius 2 is 1.88 bits per heavy atom. The second-order valence-electron chi connectivity index (χ2n) is 7.34. The molecule has 2 aliphatic rings. The van der Waals surface area contributed by atoms with E-state index in [1.807, 2.05) is 35.0 Å². The van der Waals surface area contributed by atoms with E-state index in [2.05, 4.69) is 5.10 Å². The number of rotatable bonds is 6. The molecule has 10 nitrogen and oxygen atoms in total. The van der Waals surface area contributed by atoms with Gasteiger partial charge in [0.15, 0.2) is 18.1 Å². The van der Waals surface area contributed by atoms with Gasteiger partial charge in [0.2, 0.25) is 0 Å². The molecule has 2 aromatic heterocycles. The number of benzene rings is 1. The number of fused-ring (bicyclic) bond motifs is 1. The predicted molar refractivity (Wildman–Crippen MR) is 124 cm³/mol. The Morgan fingerprint density at radius 3 is 2.56 bits per heavy atom. The Balaban J connectivity index is 1.35. The Hall–Kier alpha value is -3.77. The zero-order chi connectivity index (χ0) is 23.7. The summed E-state index contributed by atoms with van der Waals surface area (Å²) in [7, 11) is 0. The van der Waals surface area contributed by atoms with Crippen molar-refractivity contribution >= 4 is 45.9 Å². The minimum absolute atomic E-state index is 0.178. The van der Waals surface area contributed by atoms with Crippen molar-refractivity contribution in [2.75, 3.05) is 19.8 Å². The van der Waals surface area contributed by atoms with Crippen molar-refractivity contribution in [1.29, 1.82) is 0 Å². The smallest absolute Gasteiger partial charge is 0.345 e. The first-order valence-electron chi connectivity index (χ1n) is 10.2. The highest BCUT2D eigenvalue weighted by Crippen LogP contribution is 2.38. The molecule has 4 heterocycles. The number of nitro groups is 1. The van der Waals surface area contributed by atoms with Crippen LogP contribution in [0.25, 0.3) is 0 Å². The van der Waals surface area contributed by atoms with Crippen LogP contribution in [0.5, 0.6) is 11.5 Å². The molecule has 0 N–H and O–H groups in total. The van der Waals surface area contributed by atoms with E-state index in [4.69, 9.17) is 14.2 Å². The van der Waals surface area contributed by atoms with Gasteiger partial charge in [-0.3, -0.25) is 14.9 Å². The molecule has 0 saturated carbocycles. The van der Waals surface area contributed by atoms with E-state index in [-0.39, 0.29) is 36.3 Å². The van der Waals surface area contributed by atoms with E-state index in [0.717, 1.165) is 21.5 Å². The minimum Gasteiger partial charge on any atom is -0.486 e. The quantitative estimate of drug-likeness (QED) is 0.285. The normalized spacial score (nSPS) is 16.8. The molecule has 34 heavy (non-hydrogen) atoms. The molecular formula is C22H17N3O7S2. The zero-order valence-corrected chi connectivity index (χ0v) is 19.2. The molecule has 0 radical (unpaired) electrons. The van der Waals surface area contributed by atoms with Crippen LogP contribution in [0, 0.1) is 10.1 Å². The van der Waals surface area contributed by atoms with Crippen LogP contribution in [0.2, 0.25) is 0 Å². The number of esters is 1. The van der Waals surface area contributed by atoms with Crippen molar-refractivity contribution < 1.29 is 28.7 Å². The van der Waals surface area contributed by atoms with E-state index in [0.29, 0.717) is 6.42 Å². The first-order valence-corrected chi connectivity index (χ1v) is 12.0. The second-order valence-corrected chi connectivity index (χ2v) is 9.27. The maximum Gasteiger partial charge on any atom is 0.345 e. The number of hydrogen-bond donors (Lipinski definition) is 0. The van der Waals surface area contributed by atoms with Crippen LogP contribution in [0.4, 0.5) is 5.69 Å². The third-order valence-electron chi connectivity index (χ3n) is 5.25. The number of carbonyl (C=O) groups is 2. The third kappa shape index (κ3) is 4.24. The summed E-state index contributed by atoms with van der Waals surface area (Å²) >= 11 is 3.04. The number of nitrogens with zero attached hydrogens (tertiary/aromatic N) is 3. The highest BCUT2D eigenvalue weighted by atomic mass is 32.1. The van der Waals surface area contributed by atoms with Crippen LogP contribution in [-0.4, -0.2) is 47.3 Å². The molecule has 3 aromatic rings. The summed E-state index contributed by atoms with van der Waals surface area (Å²) in [6.07, 6.45) is 0.536. The Kier molecular flexibility index (Phi) is 5.99. The standard InChI is InChI=1S/C22H17N3O7S2/c26-21(24-16(20-4-2-8-34-20)10-14(23-24)19-3-1-7-33-19)12-32-22(27)13-9-17-18(31-6-5-30-17)11-15(13)25(28)29/h1-4,7-9,11,16H,5-6,10,12H2. The van der Waals surface area contributed by atoms with E-state index in [1.165, 1.54) is 33.7 Å². The number of nitro benzene ring substituents is 1. The summed E-state index contributed by atoms with van der Waals surface area (Å²) in [5.41, 5.74) is -0.0334. The maximum atomic E-state index is 13.0. The predicted octanol–water partition coefficient (Wildman–Crippen LogP) is 4.02. The lowest BCUT2D eigenvalue weighted by Gasteiger charge is -2.21. The number of hydrazone groups is 1. The Labute approximate surface area is 201 Å². The van der Waals surface area contributed by atoms with Crippen LogP contribution in [0.15, 0.2) is 52.3 Å².